The van der Waals surface area contributed by atoms with Crippen LogP contribution in [0.4, 0.5) is 0 Å². The highest BCUT2D eigenvalue weighted by molar-refractivity contribution is 7.25. The summed E-state index contributed by atoms with van der Waals surface area (Å²) in [5.41, 5.74) is 10.1. The van der Waals surface area contributed by atoms with Gasteiger partial charge in [0.15, 0.2) is 5.58 Å². The molecule has 9 rings (SSSR count). The minimum atomic E-state index is 0.930. The summed E-state index contributed by atoms with van der Waals surface area (Å²) in [6.45, 7) is 0. The molecular weight excluding hydrogens is 518 g/mol. The van der Waals surface area contributed by atoms with Gasteiger partial charge in [-0.25, -0.2) is 0 Å². The van der Waals surface area contributed by atoms with Crippen molar-refractivity contribution in [3.8, 4) is 27.9 Å². The molecule has 0 N–H and O–H groups in total. The van der Waals surface area contributed by atoms with Crippen molar-refractivity contribution in [2.45, 2.75) is 0 Å². The second kappa shape index (κ2) is 8.69. The van der Waals surface area contributed by atoms with Gasteiger partial charge in [0.1, 0.15) is 11.1 Å². The molecule has 0 fully saturated rings. The molecule has 0 aliphatic heterocycles. The van der Waals surface area contributed by atoms with Gasteiger partial charge in [0.25, 0.3) is 0 Å². The molecule has 2 nitrogen and oxygen atoms in total. The molecule has 0 amide bonds. The second-order valence-electron chi connectivity index (χ2n) is 10.5. The zero-order chi connectivity index (χ0) is 26.9. The molecule has 0 aliphatic rings. The van der Waals surface area contributed by atoms with Gasteiger partial charge in [0.05, 0.1) is 5.52 Å². The lowest BCUT2D eigenvalue weighted by Crippen LogP contribution is -1.92. The van der Waals surface area contributed by atoms with Gasteiger partial charge in [-0.05, 0) is 59.2 Å². The van der Waals surface area contributed by atoms with Crippen molar-refractivity contribution in [3.63, 3.8) is 0 Å². The fourth-order valence-electron chi connectivity index (χ4n) is 6.32. The smallest absolute Gasteiger partial charge is 0.161 e. The zero-order valence-corrected chi connectivity index (χ0v) is 22.9. The maximum atomic E-state index is 6.77. The van der Waals surface area contributed by atoms with Crippen molar-refractivity contribution in [3.05, 3.63) is 140 Å². The Labute approximate surface area is 240 Å². The van der Waals surface area contributed by atoms with Crippen LogP contribution in [0.25, 0.3) is 81.1 Å². The second-order valence-corrected chi connectivity index (χ2v) is 11.6. The number of fused-ring (bicyclic) bond motifs is 8. The molecule has 0 saturated heterocycles. The fourth-order valence-corrected chi connectivity index (χ4v) is 7.50. The molecule has 0 radical (unpaired) electrons. The SMILES string of the molecule is c1ccc(-c2ccc3c(c2)sc2cc(-c4cccc5c4oc4c6ccccc6n(-c6ccccc6)c54)ccc23)cc1. The summed E-state index contributed by atoms with van der Waals surface area (Å²) < 4.78 is 11.7. The predicted octanol–water partition coefficient (Wildman–Crippen LogP) is 11.2. The summed E-state index contributed by atoms with van der Waals surface area (Å²) in [5.74, 6) is 0. The number of thiophene rings is 1. The first-order valence-electron chi connectivity index (χ1n) is 13.9. The van der Waals surface area contributed by atoms with Crippen molar-refractivity contribution >= 4 is 64.5 Å². The number of hydrogen-bond donors (Lipinski definition) is 0. The molecule has 0 aliphatic carbocycles. The molecule has 0 saturated carbocycles. The summed E-state index contributed by atoms with van der Waals surface area (Å²) in [4.78, 5) is 0. The standard InChI is InChI=1S/C38H23NOS/c1-3-10-24(11-4-1)25-18-20-29-30-21-19-26(23-35(30)41-34(29)22-25)28-15-9-16-32-36-38(40-37(28)32)31-14-7-8-17-33(31)39(36)27-12-5-2-6-13-27/h1-23H. The average Bonchev–Trinajstić information content (AvgIpc) is 3.70. The Morgan fingerprint density at radius 2 is 1.12 bits per heavy atom. The van der Waals surface area contributed by atoms with E-state index in [1.54, 1.807) is 0 Å². The quantitative estimate of drug-likeness (QED) is 0.217. The van der Waals surface area contributed by atoms with Gasteiger partial charge >= 0.3 is 0 Å². The molecular formula is C38H23NOS. The van der Waals surface area contributed by atoms with Crippen LogP contribution in [0.1, 0.15) is 0 Å². The van der Waals surface area contributed by atoms with E-state index in [0.717, 1.165) is 44.2 Å². The first-order valence-corrected chi connectivity index (χ1v) is 14.7. The summed E-state index contributed by atoms with van der Waals surface area (Å²) in [7, 11) is 0. The molecule has 9 aromatic rings. The molecule has 0 atom stereocenters. The third kappa shape index (κ3) is 3.36. The maximum absolute atomic E-state index is 6.77. The monoisotopic (exact) mass is 541 g/mol. The van der Waals surface area contributed by atoms with E-state index in [2.05, 4.69) is 144 Å². The number of aromatic nitrogens is 1. The van der Waals surface area contributed by atoms with Gasteiger partial charge in [0, 0.05) is 42.2 Å². The van der Waals surface area contributed by atoms with Gasteiger partial charge in [0.2, 0.25) is 0 Å². The summed E-state index contributed by atoms with van der Waals surface area (Å²) >= 11 is 1.86. The van der Waals surface area contributed by atoms with Crippen LogP contribution in [0, 0.1) is 0 Å². The van der Waals surface area contributed by atoms with Gasteiger partial charge in [-0.1, -0.05) is 97.1 Å². The molecule has 0 bridgehead atoms. The van der Waals surface area contributed by atoms with Crippen molar-refractivity contribution in [1.82, 2.24) is 4.57 Å². The third-order valence-corrected chi connectivity index (χ3v) is 9.32. The van der Waals surface area contributed by atoms with E-state index in [0.29, 0.717) is 0 Å². The van der Waals surface area contributed by atoms with E-state index >= 15 is 0 Å². The number of para-hydroxylation sites is 3. The van der Waals surface area contributed by atoms with Crippen LogP contribution in [0.3, 0.4) is 0 Å². The van der Waals surface area contributed by atoms with Crippen molar-refractivity contribution in [2.24, 2.45) is 0 Å². The Morgan fingerprint density at radius 3 is 1.93 bits per heavy atom. The largest absolute Gasteiger partial charge is 0.453 e. The lowest BCUT2D eigenvalue weighted by molar-refractivity contribution is 0.674. The van der Waals surface area contributed by atoms with Crippen molar-refractivity contribution in [1.29, 1.82) is 0 Å². The Balaban J connectivity index is 1.25. The molecule has 3 heterocycles. The number of rotatable bonds is 3. The average molecular weight is 542 g/mol. The van der Waals surface area contributed by atoms with E-state index in [1.165, 1.54) is 36.9 Å². The number of nitrogens with zero attached hydrogens (tertiary/aromatic N) is 1. The van der Waals surface area contributed by atoms with Crippen LogP contribution in [0.15, 0.2) is 144 Å². The molecule has 3 aromatic heterocycles. The van der Waals surface area contributed by atoms with Crippen LogP contribution in [0.2, 0.25) is 0 Å². The predicted molar refractivity (Wildman–Crippen MR) is 174 cm³/mol. The lowest BCUT2D eigenvalue weighted by Gasteiger charge is -2.08. The van der Waals surface area contributed by atoms with Gasteiger partial charge in [-0.15, -0.1) is 11.3 Å². The Morgan fingerprint density at radius 1 is 0.463 bits per heavy atom. The minimum Gasteiger partial charge on any atom is -0.453 e. The van der Waals surface area contributed by atoms with Crippen molar-refractivity contribution in [2.75, 3.05) is 0 Å². The molecule has 3 heteroatoms. The molecule has 0 unspecified atom stereocenters. The topological polar surface area (TPSA) is 18.1 Å². The maximum Gasteiger partial charge on any atom is 0.161 e. The Hall–Kier alpha value is -5.12. The number of benzene rings is 6. The van der Waals surface area contributed by atoms with Crippen LogP contribution in [0.5, 0.6) is 0 Å². The van der Waals surface area contributed by atoms with E-state index in [1.807, 2.05) is 11.3 Å². The first-order chi connectivity index (χ1) is 20.3. The Bertz CT molecular complexity index is 2410. The van der Waals surface area contributed by atoms with Crippen LogP contribution in [-0.2, 0) is 0 Å². The van der Waals surface area contributed by atoms with E-state index in [4.69, 9.17) is 4.42 Å². The fraction of sp³-hybridized carbons (Fsp3) is 0. The number of hydrogen-bond acceptors (Lipinski definition) is 2. The summed E-state index contributed by atoms with van der Waals surface area (Å²) in [6, 6.07) is 49.9. The van der Waals surface area contributed by atoms with Crippen LogP contribution < -0.4 is 0 Å². The van der Waals surface area contributed by atoms with Crippen molar-refractivity contribution < 1.29 is 4.42 Å². The van der Waals surface area contributed by atoms with Gasteiger partial charge in [-0.2, -0.15) is 0 Å². The third-order valence-electron chi connectivity index (χ3n) is 8.21. The summed E-state index contributed by atoms with van der Waals surface area (Å²) in [6.07, 6.45) is 0. The van der Waals surface area contributed by atoms with Gasteiger partial charge in [-0.3, -0.25) is 0 Å². The van der Waals surface area contributed by atoms with E-state index in [9.17, 15) is 0 Å². The van der Waals surface area contributed by atoms with Crippen LogP contribution in [-0.4, -0.2) is 4.57 Å². The Kier molecular flexibility index (Phi) is 4.80. The molecule has 6 aromatic carbocycles. The lowest BCUT2D eigenvalue weighted by atomic mass is 10.0. The molecule has 192 valence electrons. The highest BCUT2D eigenvalue weighted by Crippen LogP contribution is 2.43. The van der Waals surface area contributed by atoms with E-state index < -0.39 is 0 Å². The zero-order valence-electron chi connectivity index (χ0n) is 22.0. The molecule has 41 heavy (non-hydrogen) atoms. The van der Waals surface area contributed by atoms with Crippen LogP contribution >= 0.6 is 11.3 Å². The normalized spacial score (nSPS) is 11.9. The highest BCUT2D eigenvalue weighted by atomic mass is 32.1. The van der Waals surface area contributed by atoms with Gasteiger partial charge < -0.3 is 8.98 Å². The molecule has 0 spiro atoms. The van der Waals surface area contributed by atoms with E-state index in [-0.39, 0.29) is 0 Å². The summed E-state index contributed by atoms with van der Waals surface area (Å²) in [5, 5.41) is 4.86. The minimum absolute atomic E-state index is 0.930. The first kappa shape index (κ1) is 22.7. The number of furan rings is 1. The highest BCUT2D eigenvalue weighted by Gasteiger charge is 2.21.